The molecule has 0 aromatic carbocycles. The number of rotatable bonds is 4. The van der Waals surface area contributed by atoms with Gasteiger partial charge in [-0.1, -0.05) is 6.42 Å². The summed E-state index contributed by atoms with van der Waals surface area (Å²) in [4.78, 5) is 20.0. The lowest BCUT2D eigenvalue weighted by Crippen LogP contribution is -2.13. The van der Waals surface area contributed by atoms with Gasteiger partial charge in [0.05, 0.1) is 13.5 Å². The summed E-state index contributed by atoms with van der Waals surface area (Å²) in [5, 5.41) is 0. The van der Waals surface area contributed by atoms with Gasteiger partial charge in [-0.3, -0.25) is 4.79 Å². The van der Waals surface area contributed by atoms with E-state index in [2.05, 4.69) is 20.8 Å². The fourth-order valence-corrected chi connectivity index (χ4v) is 2.00. The smallest absolute Gasteiger partial charge is 0.305 e. The zero-order valence-corrected chi connectivity index (χ0v) is 10.4. The molecule has 0 atom stereocenters. The minimum Gasteiger partial charge on any atom is -0.469 e. The topological polar surface area (TPSA) is 52.1 Å². The van der Waals surface area contributed by atoms with E-state index in [0.29, 0.717) is 18.8 Å². The first-order valence-electron chi connectivity index (χ1n) is 6.10. The summed E-state index contributed by atoms with van der Waals surface area (Å²) in [6.07, 6.45) is 4.67. The number of methoxy groups -OCH3 is 1. The highest BCUT2D eigenvalue weighted by atomic mass is 16.5. The summed E-state index contributed by atoms with van der Waals surface area (Å²) < 4.78 is 4.62. The third-order valence-electron chi connectivity index (χ3n) is 3.22. The first-order chi connectivity index (χ1) is 8.19. The Morgan fingerprint density at radius 1 is 1.47 bits per heavy atom. The quantitative estimate of drug-likeness (QED) is 0.749. The Balaban J connectivity index is 2.05. The van der Waals surface area contributed by atoms with Crippen LogP contribution in [0.25, 0.3) is 0 Å². The minimum absolute atomic E-state index is 0.208. The second kappa shape index (κ2) is 5.25. The molecular weight excluding hydrogens is 216 g/mol. The van der Waals surface area contributed by atoms with E-state index in [9.17, 15) is 4.79 Å². The van der Waals surface area contributed by atoms with E-state index < -0.39 is 0 Å². The molecule has 1 saturated carbocycles. The first kappa shape index (κ1) is 12.0. The molecule has 1 heterocycles. The molecule has 4 nitrogen and oxygen atoms in total. The number of ether oxygens (including phenoxy) is 1. The summed E-state index contributed by atoms with van der Waals surface area (Å²) in [6.45, 7) is 1.98. The van der Waals surface area contributed by atoms with Gasteiger partial charge in [-0.2, -0.15) is 0 Å². The number of hydrogen-bond acceptors (Lipinski definition) is 4. The highest BCUT2D eigenvalue weighted by Crippen LogP contribution is 2.35. The standard InChI is InChI=1S/C13H18N2O2/c1-9-8-11(10-4-3-5-10)15-12(14-9)6-7-13(16)17-2/h8,10H,3-7H2,1-2H3. The normalized spacial score (nSPS) is 15.4. The largest absolute Gasteiger partial charge is 0.469 e. The van der Waals surface area contributed by atoms with Crippen molar-refractivity contribution in [3.05, 3.63) is 23.3 Å². The average Bonchev–Trinajstić information content (AvgIpc) is 2.22. The summed E-state index contributed by atoms with van der Waals surface area (Å²) in [5.41, 5.74) is 2.13. The van der Waals surface area contributed by atoms with Crippen LogP contribution >= 0.6 is 0 Å². The van der Waals surface area contributed by atoms with Gasteiger partial charge in [-0.25, -0.2) is 9.97 Å². The zero-order chi connectivity index (χ0) is 12.3. The molecule has 92 valence electrons. The summed E-state index contributed by atoms with van der Waals surface area (Å²) >= 11 is 0. The molecule has 1 fully saturated rings. The lowest BCUT2D eigenvalue weighted by molar-refractivity contribution is -0.140. The average molecular weight is 234 g/mol. The van der Waals surface area contributed by atoms with Crippen molar-refractivity contribution in [3.63, 3.8) is 0 Å². The van der Waals surface area contributed by atoms with Gasteiger partial charge in [0.2, 0.25) is 0 Å². The summed E-state index contributed by atoms with van der Waals surface area (Å²) in [7, 11) is 1.40. The van der Waals surface area contributed by atoms with Crippen LogP contribution in [0.2, 0.25) is 0 Å². The highest BCUT2D eigenvalue weighted by molar-refractivity contribution is 5.69. The monoisotopic (exact) mass is 234 g/mol. The molecule has 0 unspecified atom stereocenters. The fourth-order valence-electron chi connectivity index (χ4n) is 2.00. The molecule has 0 spiro atoms. The van der Waals surface area contributed by atoms with Crippen molar-refractivity contribution in [1.29, 1.82) is 0 Å². The van der Waals surface area contributed by atoms with E-state index in [4.69, 9.17) is 0 Å². The number of carbonyl (C=O) groups is 1. The van der Waals surface area contributed by atoms with Gasteiger partial charge in [0, 0.05) is 23.7 Å². The number of nitrogens with zero attached hydrogens (tertiary/aromatic N) is 2. The molecule has 0 saturated heterocycles. The van der Waals surface area contributed by atoms with Crippen molar-refractivity contribution in [3.8, 4) is 0 Å². The van der Waals surface area contributed by atoms with E-state index >= 15 is 0 Å². The molecule has 0 aliphatic heterocycles. The maximum atomic E-state index is 11.1. The third-order valence-corrected chi connectivity index (χ3v) is 3.22. The van der Waals surface area contributed by atoms with Crippen LogP contribution in [0, 0.1) is 6.92 Å². The zero-order valence-electron chi connectivity index (χ0n) is 10.4. The van der Waals surface area contributed by atoms with Gasteiger partial charge >= 0.3 is 5.97 Å². The van der Waals surface area contributed by atoms with Crippen LogP contribution in [0.5, 0.6) is 0 Å². The summed E-state index contributed by atoms with van der Waals surface area (Å²) in [6, 6.07) is 2.06. The van der Waals surface area contributed by atoms with Crippen LogP contribution in [-0.4, -0.2) is 23.0 Å². The first-order valence-corrected chi connectivity index (χ1v) is 6.10. The Morgan fingerprint density at radius 2 is 2.24 bits per heavy atom. The lowest BCUT2D eigenvalue weighted by atomic mass is 9.82. The van der Waals surface area contributed by atoms with Crippen LogP contribution < -0.4 is 0 Å². The summed E-state index contributed by atoms with van der Waals surface area (Å²) in [5.74, 6) is 1.16. The van der Waals surface area contributed by atoms with Gasteiger partial charge in [0.1, 0.15) is 5.82 Å². The Morgan fingerprint density at radius 3 is 2.82 bits per heavy atom. The van der Waals surface area contributed by atoms with Crippen molar-refractivity contribution < 1.29 is 9.53 Å². The molecule has 0 radical (unpaired) electrons. The SMILES string of the molecule is COC(=O)CCc1nc(C)cc(C2CCC2)n1. The number of hydrogen-bond donors (Lipinski definition) is 0. The molecule has 1 aliphatic carbocycles. The molecule has 2 rings (SSSR count). The Labute approximate surface area is 101 Å². The second-order valence-electron chi connectivity index (χ2n) is 4.55. The molecular formula is C13H18N2O2. The number of aromatic nitrogens is 2. The molecule has 0 N–H and O–H groups in total. The molecule has 0 amide bonds. The number of esters is 1. The van der Waals surface area contributed by atoms with Crippen LogP contribution in [0.15, 0.2) is 6.07 Å². The van der Waals surface area contributed by atoms with E-state index in [1.54, 1.807) is 0 Å². The van der Waals surface area contributed by atoms with Gasteiger partial charge in [-0.05, 0) is 25.8 Å². The van der Waals surface area contributed by atoms with Gasteiger partial charge in [0.25, 0.3) is 0 Å². The van der Waals surface area contributed by atoms with Crippen molar-refractivity contribution in [2.75, 3.05) is 7.11 Å². The van der Waals surface area contributed by atoms with Crippen LogP contribution in [0.4, 0.5) is 0 Å². The third kappa shape index (κ3) is 3.02. The van der Waals surface area contributed by atoms with Crippen molar-refractivity contribution in [2.45, 2.75) is 44.9 Å². The Hall–Kier alpha value is -1.45. The van der Waals surface area contributed by atoms with Crippen molar-refractivity contribution >= 4 is 5.97 Å². The molecule has 1 aliphatic rings. The van der Waals surface area contributed by atoms with E-state index in [1.807, 2.05) is 6.92 Å². The lowest BCUT2D eigenvalue weighted by Gasteiger charge is -2.25. The molecule has 1 aromatic heterocycles. The van der Waals surface area contributed by atoms with Gasteiger partial charge < -0.3 is 4.74 Å². The number of aryl methyl sites for hydroxylation is 2. The number of carbonyl (C=O) groups excluding carboxylic acids is 1. The Kier molecular flexibility index (Phi) is 3.71. The second-order valence-corrected chi connectivity index (χ2v) is 4.55. The van der Waals surface area contributed by atoms with Gasteiger partial charge in [-0.15, -0.1) is 0 Å². The maximum absolute atomic E-state index is 11.1. The molecule has 0 bridgehead atoms. The Bertz CT molecular complexity index is 414. The van der Waals surface area contributed by atoms with E-state index in [1.165, 1.54) is 26.4 Å². The minimum atomic E-state index is -0.208. The van der Waals surface area contributed by atoms with Crippen LogP contribution in [0.1, 0.15) is 48.8 Å². The predicted molar refractivity (Wildman–Crippen MR) is 63.7 cm³/mol. The predicted octanol–water partition coefficient (Wildman–Crippen LogP) is 2.16. The van der Waals surface area contributed by atoms with E-state index in [-0.39, 0.29) is 5.97 Å². The van der Waals surface area contributed by atoms with E-state index in [0.717, 1.165) is 17.2 Å². The van der Waals surface area contributed by atoms with Crippen LogP contribution in [-0.2, 0) is 16.0 Å². The van der Waals surface area contributed by atoms with Crippen molar-refractivity contribution in [2.24, 2.45) is 0 Å². The van der Waals surface area contributed by atoms with Gasteiger partial charge in [0.15, 0.2) is 0 Å². The van der Waals surface area contributed by atoms with Crippen molar-refractivity contribution in [1.82, 2.24) is 9.97 Å². The highest BCUT2D eigenvalue weighted by Gasteiger charge is 2.21. The molecule has 4 heteroatoms. The molecule has 1 aromatic rings. The maximum Gasteiger partial charge on any atom is 0.305 e. The molecule has 17 heavy (non-hydrogen) atoms. The fraction of sp³-hybridized carbons (Fsp3) is 0.615. The van der Waals surface area contributed by atoms with Crippen LogP contribution in [0.3, 0.4) is 0 Å².